The number of halogens is 1. The van der Waals surface area contributed by atoms with Crippen molar-refractivity contribution >= 4 is 23.3 Å². The lowest BCUT2D eigenvalue weighted by atomic mass is 9.92. The normalized spacial score (nSPS) is 23.8. The van der Waals surface area contributed by atoms with Crippen molar-refractivity contribution in [2.45, 2.75) is 18.9 Å². The molecule has 2 fully saturated rings. The lowest BCUT2D eigenvalue weighted by Gasteiger charge is -2.36. The molecule has 4 rings (SSSR count). The van der Waals surface area contributed by atoms with Gasteiger partial charge in [0.05, 0.1) is 6.61 Å². The Morgan fingerprint density at radius 1 is 1.32 bits per heavy atom. The molecule has 0 spiro atoms. The second-order valence-corrected chi connectivity index (χ2v) is 7.98. The highest BCUT2D eigenvalue weighted by atomic mass is 35.5. The van der Waals surface area contributed by atoms with E-state index in [0.29, 0.717) is 60.2 Å². The number of piperidine rings is 1. The number of methoxy groups -OCH3 is 1. The first-order valence-corrected chi connectivity index (χ1v) is 9.99. The van der Waals surface area contributed by atoms with E-state index in [2.05, 4.69) is 10.5 Å². The van der Waals surface area contributed by atoms with Gasteiger partial charge in [0.15, 0.2) is 11.6 Å². The van der Waals surface area contributed by atoms with Gasteiger partial charge in [-0.05, 0) is 48.9 Å². The molecule has 2 aromatic rings. The number of aromatic nitrogens is 1. The molecule has 3 N–H and O–H groups in total. The maximum atomic E-state index is 13.5. The molecule has 1 aliphatic carbocycles. The number of hydrogen-bond acceptors (Lipinski definition) is 6. The molecular formula is C20H25ClN4O3. The van der Waals surface area contributed by atoms with E-state index in [9.17, 15) is 4.79 Å². The van der Waals surface area contributed by atoms with Crippen molar-refractivity contribution in [1.82, 2.24) is 10.1 Å². The summed E-state index contributed by atoms with van der Waals surface area (Å²) in [4.78, 5) is 15.4. The molecule has 8 heteroatoms. The van der Waals surface area contributed by atoms with Crippen molar-refractivity contribution in [1.29, 1.82) is 0 Å². The fraction of sp³-hybridized carbons (Fsp3) is 0.500. The first kappa shape index (κ1) is 19.2. The zero-order chi connectivity index (χ0) is 19.7. The number of ether oxygens (including phenoxy) is 1. The Morgan fingerprint density at radius 3 is 2.64 bits per heavy atom. The van der Waals surface area contributed by atoms with Gasteiger partial charge in [0.1, 0.15) is 5.56 Å². The summed E-state index contributed by atoms with van der Waals surface area (Å²) in [6.45, 7) is 2.39. The van der Waals surface area contributed by atoms with Crippen molar-refractivity contribution in [3.05, 3.63) is 34.9 Å². The highest BCUT2D eigenvalue weighted by Crippen LogP contribution is 2.38. The molecular weight excluding hydrogens is 380 g/mol. The number of nitrogens with zero attached hydrogens (tertiary/aromatic N) is 2. The second-order valence-electron chi connectivity index (χ2n) is 7.55. The van der Waals surface area contributed by atoms with Crippen LogP contribution in [0.15, 0.2) is 28.8 Å². The minimum atomic E-state index is -0.0742. The Labute approximate surface area is 169 Å². The van der Waals surface area contributed by atoms with Crippen LogP contribution >= 0.6 is 11.6 Å². The maximum Gasteiger partial charge on any atom is 0.261 e. The monoisotopic (exact) mass is 404 g/mol. The summed E-state index contributed by atoms with van der Waals surface area (Å²) in [7, 11) is 1.63. The van der Waals surface area contributed by atoms with Crippen LogP contribution in [-0.4, -0.2) is 55.4 Å². The average molecular weight is 405 g/mol. The van der Waals surface area contributed by atoms with Gasteiger partial charge in [-0.2, -0.15) is 0 Å². The standard InChI is InChI=1S/C20H25ClN4O3/c1-27-9-8-23-19-16(18(28-24-19)12-4-6-15(21)7-5-12)20(26)25-10-13-2-3-14(11-25)17(13)22/h4-7,13-14,17H,2-3,8-11,22H2,1H3,(H,23,24)/t13-,14+,17?. The zero-order valence-electron chi connectivity index (χ0n) is 15.9. The topological polar surface area (TPSA) is 93.6 Å². The van der Waals surface area contributed by atoms with Gasteiger partial charge in [-0.3, -0.25) is 4.79 Å². The fourth-order valence-corrected chi connectivity index (χ4v) is 4.39. The number of likely N-dealkylation sites (tertiary alicyclic amines) is 1. The van der Waals surface area contributed by atoms with E-state index in [1.807, 2.05) is 17.0 Å². The van der Waals surface area contributed by atoms with Crippen LogP contribution in [0, 0.1) is 11.8 Å². The van der Waals surface area contributed by atoms with E-state index in [4.69, 9.17) is 26.6 Å². The fourth-order valence-electron chi connectivity index (χ4n) is 4.27. The first-order chi connectivity index (χ1) is 13.6. The van der Waals surface area contributed by atoms with Gasteiger partial charge in [-0.15, -0.1) is 0 Å². The van der Waals surface area contributed by atoms with Crippen LogP contribution in [0.3, 0.4) is 0 Å². The summed E-state index contributed by atoms with van der Waals surface area (Å²) in [6.07, 6.45) is 2.17. The largest absolute Gasteiger partial charge is 0.383 e. The van der Waals surface area contributed by atoms with Crippen molar-refractivity contribution in [3.63, 3.8) is 0 Å². The van der Waals surface area contributed by atoms with Gasteiger partial charge in [0.2, 0.25) is 0 Å². The summed E-state index contributed by atoms with van der Waals surface area (Å²) in [5, 5.41) is 7.90. The molecule has 2 bridgehead atoms. The molecule has 28 heavy (non-hydrogen) atoms. The van der Waals surface area contributed by atoms with Crippen LogP contribution in [0.5, 0.6) is 0 Å². The third-order valence-corrected chi connectivity index (χ3v) is 6.06. The molecule has 7 nitrogen and oxygen atoms in total. The van der Waals surface area contributed by atoms with E-state index >= 15 is 0 Å². The summed E-state index contributed by atoms with van der Waals surface area (Å²) in [5.74, 6) is 1.55. The average Bonchev–Trinajstić information content (AvgIpc) is 3.17. The number of amides is 1. The van der Waals surface area contributed by atoms with E-state index in [1.165, 1.54) is 0 Å². The van der Waals surface area contributed by atoms with Crippen LogP contribution in [0.2, 0.25) is 5.02 Å². The van der Waals surface area contributed by atoms with Crippen LogP contribution in [-0.2, 0) is 4.74 Å². The summed E-state index contributed by atoms with van der Waals surface area (Å²) < 4.78 is 10.7. The zero-order valence-corrected chi connectivity index (χ0v) is 16.6. The molecule has 2 heterocycles. The van der Waals surface area contributed by atoms with Crippen molar-refractivity contribution in [3.8, 4) is 11.3 Å². The van der Waals surface area contributed by atoms with Gasteiger partial charge < -0.3 is 25.2 Å². The molecule has 0 radical (unpaired) electrons. The van der Waals surface area contributed by atoms with E-state index in [-0.39, 0.29) is 11.9 Å². The van der Waals surface area contributed by atoms with Crippen LogP contribution in [0.25, 0.3) is 11.3 Å². The second kappa shape index (κ2) is 8.11. The SMILES string of the molecule is COCCNc1noc(-c2ccc(Cl)cc2)c1C(=O)N1C[C@H]2CC[C@@H](C1)C2N. The number of carbonyl (C=O) groups is 1. The molecule has 2 aliphatic rings. The number of benzene rings is 1. The number of anilines is 1. The van der Waals surface area contributed by atoms with Gasteiger partial charge in [-0.25, -0.2) is 0 Å². The van der Waals surface area contributed by atoms with Crippen LogP contribution < -0.4 is 11.1 Å². The minimum Gasteiger partial charge on any atom is -0.383 e. The summed E-state index contributed by atoms with van der Waals surface area (Å²) >= 11 is 6.01. The molecule has 1 saturated heterocycles. The van der Waals surface area contributed by atoms with Gasteiger partial charge in [0, 0.05) is 43.4 Å². The number of hydrogen-bond donors (Lipinski definition) is 2. The highest BCUT2D eigenvalue weighted by molar-refractivity contribution is 6.30. The van der Waals surface area contributed by atoms with E-state index in [0.717, 1.165) is 18.4 Å². The number of rotatable bonds is 6. The molecule has 150 valence electrons. The number of nitrogens with one attached hydrogen (secondary N) is 1. The Balaban J connectivity index is 1.65. The molecule has 3 atom stereocenters. The minimum absolute atomic E-state index is 0.0742. The third kappa shape index (κ3) is 3.62. The maximum absolute atomic E-state index is 13.5. The Hall–Kier alpha value is -2.09. The quantitative estimate of drug-likeness (QED) is 0.719. The molecule has 1 saturated carbocycles. The van der Waals surface area contributed by atoms with Crippen LogP contribution in [0.4, 0.5) is 5.82 Å². The van der Waals surface area contributed by atoms with Crippen molar-refractivity contribution in [2.75, 3.05) is 38.7 Å². The molecule has 1 amide bonds. The number of fused-ring (bicyclic) bond motifs is 2. The number of nitrogens with two attached hydrogens (primary N) is 1. The smallest absolute Gasteiger partial charge is 0.261 e. The highest BCUT2D eigenvalue weighted by Gasteiger charge is 2.42. The lowest BCUT2D eigenvalue weighted by molar-refractivity contribution is 0.0638. The van der Waals surface area contributed by atoms with Crippen LogP contribution in [0.1, 0.15) is 23.2 Å². The van der Waals surface area contributed by atoms with Gasteiger partial charge in [-0.1, -0.05) is 16.8 Å². The number of carbonyl (C=O) groups excluding carboxylic acids is 1. The predicted molar refractivity (Wildman–Crippen MR) is 107 cm³/mol. The molecule has 1 aromatic heterocycles. The summed E-state index contributed by atoms with van der Waals surface area (Å²) in [5.41, 5.74) is 7.52. The Morgan fingerprint density at radius 2 is 2.00 bits per heavy atom. The van der Waals surface area contributed by atoms with Gasteiger partial charge in [0.25, 0.3) is 5.91 Å². The Bertz CT molecular complexity index is 824. The molecule has 1 aromatic carbocycles. The Kier molecular flexibility index (Phi) is 5.57. The van der Waals surface area contributed by atoms with Crippen molar-refractivity contribution in [2.24, 2.45) is 17.6 Å². The third-order valence-electron chi connectivity index (χ3n) is 5.80. The predicted octanol–water partition coefficient (Wildman–Crippen LogP) is 2.86. The van der Waals surface area contributed by atoms with E-state index in [1.54, 1.807) is 19.2 Å². The van der Waals surface area contributed by atoms with Crippen molar-refractivity contribution < 1.29 is 14.1 Å². The van der Waals surface area contributed by atoms with Gasteiger partial charge >= 0.3 is 0 Å². The lowest BCUT2D eigenvalue weighted by Crippen LogP contribution is -2.50. The molecule has 1 aliphatic heterocycles. The summed E-state index contributed by atoms with van der Waals surface area (Å²) in [6, 6.07) is 7.39. The van der Waals surface area contributed by atoms with E-state index < -0.39 is 0 Å². The molecule has 1 unspecified atom stereocenters. The first-order valence-electron chi connectivity index (χ1n) is 9.61.